The van der Waals surface area contributed by atoms with Crippen molar-refractivity contribution in [2.24, 2.45) is 23.7 Å². The minimum atomic E-state index is -4.97. The second-order valence-corrected chi connectivity index (χ2v) is 16.3. The molecule has 14 nitrogen and oxygen atoms in total. The number of hydrogen-bond donors (Lipinski definition) is 0. The molecule has 17 heteroatoms. The summed E-state index contributed by atoms with van der Waals surface area (Å²) in [6.45, 7) is 16.2. The Kier molecular flexibility index (Phi) is 22.3. The van der Waals surface area contributed by atoms with E-state index >= 15 is 0 Å². The molecule has 0 aliphatic carbocycles. The van der Waals surface area contributed by atoms with E-state index in [2.05, 4.69) is 0 Å². The molecule has 0 aliphatic rings. The smallest absolute Gasteiger partial charge is 0.744 e. The van der Waals surface area contributed by atoms with Crippen molar-refractivity contribution in [3.05, 3.63) is 58.7 Å². The van der Waals surface area contributed by atoms with Crippen LogP contribution in [0.3, 0.4) is 0 Å². The van der Waals surface area contributed by atoms with E-state index in [0.717, 1.165) is 24.3 Å². The molecule has 0 bridgehead atoms. The van der Waals surface area contributed by atoms with Crippen LogP contribution in [0.15, 0.2) is 46.2 Å². The van der Waals surface area contributed by atoms with Crippen LogP contribution >= 0.6 is 0 Å². The van der Waals surface area contributed by atoms with Crippen LogP contribution in [0.4, 0.5) is 0 Å². The topological polar surface area (TPSA) is 220 Å². The molecule has 0 heterocycles. The third kappa shape index (κ3) is 19.2. The standard InChI is InChI=1S/2C18H26O7S.Mg/c2*1-12(2)7-9-24-17(19)14-5-6-15(16(11-14)26(21,22)23)18(20)25-10-8-13(3)4;/h2*5-6,11-13H,7-10H2,1-4H3,(H,21,22,23);/q;;+2/p-2. The summed E-state index contributed by atoms with van der Waals surface area (Å²) in [6.07, 6.45) is 2.51. The first-order chi connectivity index (χ1) is 24.0. The molecule has 0 unspecified atom stereocenters. The number of rotatable bonds is 18. The Morgan fingerprint density at radius 3 is 0.962 bits per heavy atom. The summed E-state index contributed by atoms with van der Waals surface area (Å²) in [4.78, 5) is 46.6. The van der Waals surface area contributed by atoms with Gasteiger partial charge in [-0.05, 0) is 85.8 Å². The summed E-state index contributed by atoms with van der Waals surface area (Å²) in [5, 5.41) is 0. The van der Waals surface area contributed by atoms with Gasteiger partial charge >= 0.3 is 46.9 Å². The second-order valence-electron chi connectivity index (χ2n) is 13.6. The zero-order chi connectivity index (χ0) is 39.8. The molecule has 0 amide bonds. The largest absolute Gasteiger partial charge is 2.00 e. The normalized spacial score (nSPS) is 11.4. The second kappa shape index (κ2) is 23.6. The van der Waals surface area contributed by atoms with Crippen LogP contribution in [0.1, 0.15) is 123 Å². The van der Waals surface area contributed by atoms with Crippen molar-refractivity contribution in [3.8, 4) is 0 Å². The number of carbonyl (C=O) groups excluding carboxylic acids is 4. The van der Waals surface area contributed by atoms with Gasteiger partial charge in [0.05, 0.1) is 58.5 Å². The quantitative estimate of drug-likeness (QED) is 0.0775. The Labute approximate surface area is 329 Å². The van der Waals surface area contributed by atoms with E-state index in [1.165, 1.54) is 12.1 Å². The summed E-state index contributed by atoms with van der Waals surface area (Å²) in [7, 11) is -9.94. The summed E-state index contributed by atoms with van der Waals surface area (Å²) >= 11 is 0. The van der Waals surface area contributed by atoms with Crippen LogP contribution < -0.4 is 0 Å². The molecule has 0 N–H and O–H groups in total. The van der Waals surface area contributed by atoms with E-state index in [1.54, 1.807) is 0 Å². The van der Waals surface area contributed by atoms with Gasteiger partial charge in [0, 0.05) is 0 Å². The molecule has 53 heavy (non-hydrogen) atoms. The number of esters is 4. The van der Waals surface area contributed by atoms with Gasteiger partial charge in [-0.1, -0.05) is 55.4 Å². The fourth-order valence-electron chi connectivity index (χ4n) is 3.92. The van der Waals surface area contributed by atoms with Gasteiger partial charge in [-0.3, -0.25) is 0 Å². The molecule has 0 radical (unpaired) electrons. The molecule has 292 valence electrons. The molecule has 0 aliphatic heterocycles. The molecule has 0 aromatic heterocycles. The average molecular weight is 795 g/mol. The summed E-state index contributed by atoms with van der Waals surface area (Å²) in [5.41, 5.74) is -0.992. The Hall–Kier alpha value is -3.09. The monoisotopic (exact) mass is 794 g/mol. The van der Waals surface area contributed by atoms with Gasteiger partial charge in [0.25, 0.3) is 0 Å². The maximum Gasteiger partial charge on any atom is 2.00 e. The molecule has 2 aromatic rings. The van der Waals surface area contributed by atoms with Crippen molar-refractivity contribution in [1.82, 2.24) is 0 Å². The summed E-state index contributed by atoms with van der Waals surface area (Å²) < 4.78 is 89.1. The average Bonchev–Trinajstić information content (AvgIpc) is 3.02. The zero-order valence-corrected chi connectivity index (χ0v) is 34.7. The van der Waals surface area contributed by atoms with Gasteiger partial charge in [0.1, 0.15) is 20.2 Å². The SMILES string of the molecule is CC(C)CCOC(=O)c1ccc(C(=O)OCCC(C)C)c(S(=O)(=O)[O-])c1.CC(C)CCOC(=O)c1ccc(C(=O)OCCC(C)C)c(S(=O)(=O)[O-])c1.[Mg+2]. The summed E-state index contributed by atoms with van der Waals surface area (Å²) in [6, 6.07) is 6.40. The van der Waals surface area contributed by atoms with Gasteiger partial charge in [0.15, 0.2) is 0 Å². The van der Waals surface area contributed by atoms with Crippen molar-refractivity contribution in [3.63, 3.8) is 0 Å². The molecule has 0 fully saturated rings. The fourth-order valence-corrected chi connectivity index (χ4v) is 5.31. The van der Waals surface area contributed by atoms with E-state index in [9.17, 15) is 45.1 Å². The predicted molar refractivity (Wildman–Crippen MR) is 194 cm³/mol. The number of hydrogen-bond acceptors (Lipinski definition) is 14. The first kappa shape index (κ1) is 49.9. The van der Waals surface area contributed by atoms with Crippen LogP contribution in [0.25, 0.3) is 0 Å². The van der Waals surface area contributed by atoms with Gasteiger partial charge in [0.2, 0.25) is 0 Å². The molecular formula is C36H50MgO14S2. The fraction of sp³-hybridized carbons (Fsp3) is 0.556. The molecule has 0 spiro atoms. The predicted octanol–water partition coefficient (Wildman–Crippen LogP) is 5.61. The minimum Gasteiger partial charge on any atom is -0.744 e. The van der Waals surface area contributed by atoms with Crippen molar-refractivity contribution < 1.29 is 64.1 Å². The molecule has 2 rings (SSSR count). The van der Waals surface area contributed by atoms with E-state index in [-0.39, 0.29) is 71.7 Å². The number of ether oxygens (including phenoxy) is 4. The van der Waals surface area contributed by atoms with Crippen LogP contribution in [-0.2, 0) is 39.2 Å². The maximum atomic E-state index is 12.1. The van der Waals surface area contributed by atoms with E-state index < -0.39 is 53.9 Å². The number of carbonyl (C=O) groups is 4. The molecule has 0 atom stereocenters. The Balaban J connectivity index is 0.00000100. The van der Waals surface area contributed by atoms with Crippen LogP contribution in [0.5, 0.6) is 0 Å². The summed E-state index contributed by atoms with van der Waals surface area (Å²) in [5.74, 6) is -2.07. The van der Waals surface area contributed by atoms with E-state index in [1.807, 2.05) is 55.4 Å². The van der Waals surface area contributed by atoms with E-state index in [0.29, 0.717) is 49.4 Å². The first-order valence-corrected chi connectivity index (χ1v) is 19.7. The van der Waals surface area contributed by atoms with Gasteiger partial charge in [-0.25, -0.2) is 36.0 Å². The Morgan fingerprint density at radius 2 is 0.736 bits per heavy atom. The Morgan fingerprint density at radius 1 is 0.491 bits per heavy atom. The third-order valence-electron chi connectivity index (χ3n) is 7.13. The van der Waals surface area contributed by atoms with Crippen LogP contribution in [0, 0.1) is 23.7 Å². The van der Waals surface area contributed by atoms with Crippen molar-refractivity contribution >= 4 is 67.2 Å². The maximum absolute atomic E-state index is 12.1. The first-order valence-electron chi connectivity index (χ1n) is 16.9. The van der Waals surface area contributed by atoms with Crippen molar-refractivity contribution in [2.75, 3.05) is 26.4 Å². The van der Waals surface area contributed by atoms with Gasteiger partial charge in [-0.15, -0.1) is 0 Å². The van der Waals surface area contributed by atoms with Crippen LogP contribution in [-0.4, -0.2) is 99.3 Å². The van der Waals surface area contributed by atoms with Crippen molar-refractivity contribution in [1.29, 1.82) is 0 Å². The molecule has 0 saturated heterocycles. The zero-order valence-electron chi connectivity index (χ0n) is 31.7. The van der Waals surface area contributed by atoms with E-state index in [4.69, 9.17) is 18.9 Å². The Bertz CT molecular complexity index is 1610. The van der Waals surface area contributed by atoms with Gasteiger partial charge < -0.3 is 28.1 Å². The number of benzene rings is 2. The minimum absolute atomic E-state index is 0. The molecule has 2 aromatic carbocycles. The molecular weight excluding hydrogens is 745 g/mol. The third-order valence-corrected chi connectivity index (χ3v) is 8.88. The van der Waals surface area contributed by atoms with Crippen molar-refractivity contribution in [2.45, 2.75) is 90.9 Å². The molecule has 0 saturated carbocycles. The van der Waals surface area contributed by atoms with Gasteiger partial charge in [-0.2, -0.15) is 0 Å². The van der Waals surface area contributed by atoms with Crippen LogP contribution in [0.2, 0.25) is 0 Å².